The number of carbonyl (C=O) groups excluding carboxylic acids is 1. The molecular formula is C23H27N5O5S. The lowest BCUT2D eigenvalue weighted by atomic mass is 9.88. The molecule has 4 heterocycles. The van der Waals surface area contributed by atoms with Gasteiger partial charge in [0.2, 0.25) is 10.6 Å². The first kappa shape index (κ1) is 24.0. The minimum absolute atomic E-state index is 0.0618. The summed E-state index contributed by atoms with van der Waals surface area (Å²) >= 11 is 1.07. The average Bonchev–Trinajstić information content (AvgIpc) is 3.30. The Labute approximate surface area is 200 Å². The summed E-state index contributed by atoms with van der Waals surface area (Å²) in [4.78, 5) is 48.2. The minimum Gasteiger partial charge on any atom is -0.477 e. The molecule has 0 unspecified atom stereocenters. The Kier molecular flexibility index (Phi) is 7.03. The molecule has 1 aliphatic heterocycles. The Hall–Kier alpha value is -3.18. The van der Waals surface area contributed by atoms with Gasteiger partial charge in [-0.25, -0.2) is 14.8 Å². The van der Waals surface area contributed by atoms with Crippen molar-refractivity contribution in [1.82, 2.24) is 18.9 Å². The fraction of sp³-hybridized carbons (Fsp3) is 0.478. The molecule has 1 fully saturated rings. The fourth-order valence-corrected chi connectivity index (χ4v) is 4.65. The van der Waals surface area contributed by atoms with Gasteiger partial charge < -0.3 is 14.7 Å². The topological polar surface area (TPSA) is 128 Å². The van der Waals surface area contributed by atoms with Crippen LogP contribution in [-0.2, 0) is 9.53 Å². The molecule has 0 spiro atoms. The number of aromatic carboxylic acids is 1. The molecule has 34 heavy (non-hydrogen) atoms. The van der Waals surface area contributed by atoms with Crippen molar-refractivity contribution in [3.63, 3.8) is 0 Å². The van der Waals surface area contributed by atoms with Crippen molar-refractivity contribution in [3.05, 3.63) is 39.9 Å². The first-order valence-electron chi connectivity index (χ1n) is 11.3. The van der Waals surface area contributed by atoms with Crippen LogP contribution in [0.3, 0.4) is 0 Å². The van der Waals surface area contributed by atoms with E-state index in [2.05, 4.69) is 16.3 Å². The second-order valence-corrected chi connectivity index (χ2v) is 9.23. The molecule has 0 saturated carbocycles. The molecule has 10 nitrogen and oxygen atoms in total. The van der Waals surface area contributed by atoms with Gasteiger partial charge in [-0.05, 0) is 31.4 Å². The number of anilines is 1. The van der Waals surface area contributed by atoms with Crippen LogP contribution in [0.25, 0.3) is 16.2 Å². The molecule has 1 aliphatic rings. The lowest BCUT2D eigenvalue weighted by molar-refractivity contribution is -0.125. The maximum Gasteiger partial charge on any atom is 0.341 e. The van der Waals surface area contributed by atoms with Gasteiger partial charge in [0, 0.05) is 50.5 Å². The summed E-state index contributed by atoms with van der Waals surface area (Å²) in [5, 5.41) is 10.2. The average molecular weight is 486 g/mol. The van der Waals surface area contributed by atoms with Gasteiger partial charge in [-0.1, -0.05) is 13.3 Å². The van der Waals surface area contributed by atoms with Gasteiger partial charge in [0.05, 0.1) is 11.3 Å². The Morgan fingerprint density at radius 3 is 2.71 bits per heavy atom. The maximum absolute atomic E-state index is 12.9. The molecule has 0 aliphatic carbocycles. The van der Waals surface area contributed by atoms with E-state index < -0.39 is 11.4 Å². The highest BCUT2D eigenvalue weighted by molar-refractivity contribution is 7.08. The number of carbonyl (C=O) groups is 2. The van der Waals surface area contributed by atoms with E-state index in [-0.39, 0.29) is 28.6 Å². The van der Waals surface area contributed by atoms with Gasteiger partial charge in [0.15, 0.2) is 5.65 Å². The van der Waals surface area contributed by atoms with Crippen molar-refractivity contribution < 1.29 is 19.4 Å². The molecule has 0 aromatic carbocycles. The predicted octanol–water partition coefficient (Wildman–Crippen LogP) is 2.70. The van der Waals surface area contributed by atoms with Crippen LogP contribution in [0.4, 0.5) is 5.82 Å². The van der Waals surface area contributed by atoms with E-state index >= 15 is 0 Å². The second kappa shape index (κ2) is 9.98. The molecular weight excluding hydrogens is 458 g/mol. The third-order valence-corrected chi connectivity index (χ3v) is 6.88. The van der Waals surface area contributed by atoms with Crippen molar-refractivity contribution >= 4 is 40.1 Å². The monoisotopic (exact) mass is 485 g/mol. The Morgan fingerprint density at radius 2 is 2.09 bits per heavy atom. The summed E-state index contributed by atoms with van der Waals surface area (Å²) in [6, 6.07) is 1.77. The van der Waals surface area contributed by atoms with Crippen LogP contribution >= 0.6 is 11.5 Å². The first-order valence-corrected chi connectivity index (χ1v) is 12.0. The number of ether oxygens (including phenoxy) is 1. The number of hydrogen-bond donors (Lipinski definition) is 1. The molecule has 1 N–H and O–H groups in total. The zero-order chi connectivity index (χ0) is 24.4. The van der Waals surface area contributed by atoms with Crippen LogP contribution in [-0.4, -0.2) is 62.1 Å². The summed E-state index contributed by atoms with van der Waals surface area (Å²) < 4.78 is 11.0. The van der Waals surface area contributed by atoms with Gasteiger partial charge >= 0.3 is 5.97 Å². The highest BCUT2D eigenvalue weighted by atomic mass is 32.1. The number of aryl methyl sites for hydroxylation is 1. The molecule has 4 rings (SSSR count). The number of aromatic nitrogens is 4. The number of Topliss-reactive ketones (excluding diaryl/α,β-unsaturated/α-hetero) is 1. The Bertz CT molecular complexity index is 1270. The smallest absolute Gasteiger partial charge is 0.341 e. The highest BCUT2D eigenvalue weighted by Crippen LogP contribution is 2.29. The molecule has 1 saturated heterocycles. The van der Waals surface area contributed by atoms with Gasteiger partial charge in [-0.3, -0.25) is 14.2 Å². The number of fused-ring (bicyclic) bond motifs is 1. The molecule has 3 aromatic rings. The van der Waals surface area contributed by atoms with Crippen molar-refractivity contribution in [2.45, 2.75) is 33.6 Å². The van der Waals surface area contributed by atoms with Crippen LogP contribution in [0.15, 0.2) is 23.4 Å². The third kappa shape index (κ3) is 4.58. The second-order valence-electron chi connectivity index (χ2n) is 8.47. The summed E-state index contributed by atoms with van der Waals surface area (Å²) in [5.74, 6) is -0.277. The Balaban J connectivity index is 1.62. The molecule has 3 aromatic heterocycles. The van der Waals surface area contributed by atoms with Gasteiger partial charge in [0.1, 0.15) is 23.5 Å². The lowest BCUT2D eigenvalue weighted by Crippen LogP contribution is -2.51. The number of pyridine rings is 2. The number of carboxylic acid groups (broad SMARTS) is 1. The zero-order valence-corrected chi connectivity index (χ0v) is 20.2. The standard InChI is InChI=1S/C23H27N5O5S/c1-4-14(11-33-5-2)7-17(29)15-8-27(9-15)18-6-13(3)19-20(30)16(22(31)32)10-28(21(19)26-18)23-24-12-25-34-23/h6,10,12,14-15H,4-5,7-9,11H2,1-3H3,(H,31,32)/t14-/m1/s1. The van der Waals surface area contributed by atoms with E-state index in [9.17, 15) is 19.5 Å². The van der Waals surface area contributed by atoms with Gasteiger partial charge in [0.25, 0.3) is 0 Å². The van der Waals surface area contributed by atoms with Crippen LogP contribution in [0.5, 0.6) is 0 Å². The van der Waals surface area contributed by atoms with E-state index in [1.165, 1.54) is 17.1 Å². The van der Waals surface area contributed by atoms with Crippen molar-refractivity contribution in [2.24, 2.45) is 11.8 Å². The van der Waals surface area contributed by atoms with Crippen LogP contribution in [0.1, 0.15) is 42.6 Å². The lowest BCUT2D eigenvalue weighted by Gasteiger charge is -2.40. The van der Waals surface area contributed by atoms with E-state index in [1.807, 2.05) is 11.8 Å². The molecule has 0 amide bonds. The molecule has 0 radical (unpaired) electrons. The SMILES string of the molecule is CCOC[C@H](CC)CC(=O)C1CN(c2cc(C)c3c(=O)c(C(=O)O)cn(-c4ncns4)c3n2)C1. The summed E-state index contributed by atoms with van der Waals surface area (Å²) in [7, 11) is 0. The molecule has 11 heteroatoms. The highest BCUT2D eigenvalue weighted by Gasteiger charge is 2.34. The quantitative estimate of drug-likeness (QED) is 0.461. The van der Waals surface area contributed by atoms with Crippen LogP contribution in [0, 0.1) is 18.8 Å². The van der Waals surface area contributed by atoms with E-state index in [4.69, 9.17) is 9.72 Å². The number of nitrogens with zero attached hydrogens (tertiary/aromatic N) is 5. The third-order valence-electron chi connectivity index (χ3n) is 6.21. The number of ketones is 1. The Morgan fingerprint density at radius 1 is 1.32 bits per heavy atom. The number of carboxylic acids is 1. The summed E-state index contributed by atoms with van der Waals surface area (Å²) in [6.45, 7) is 8.12. The number of rotatable bonds is 10. The normalized spacial score (nSPS) is 14.9. The van der Waals surface area contributed by atoms with E-state index in [0.29, 0.717) is 54.9 Å². The molecule has 0 bridgehead atoms. The van der Waals surface area contributed by atoms with Crippen molar-refractivity contribution in [1.29, 1.82) is 0 Å². The number of hydrogen-bond acceptors (Lipinski definition) is 9. The van der Waals surface area contributed by atoms with E-state index in [1.54, 1.807) is 13.0 Å². The summed E-state index contributed by atoms with van der Waals surface area (Å²) in [5.41, 5.74) is -0.00734. The minimum atomic E-state index is -1.31. The largest absolute Gasteiger partial charge is 0.477 e. The van der Waals surface area contributed by atoms with Crippen LogP contribution < -0.4 is 10.3 Å². The van der Waals surface area contributed by atoms with Gasteiger partial charge in [-0.15, -0.1) is 0 Å². The van der Waals surface area contributed by atoms with Crippen molar-refractivity contribution in [2.75, 3.05) is 31.2 Å². The summed E-state index contributed by atoms with van der Waals surface area (Å²) in [6.07, 6.45) is 4.01. The molecule has 180 valence electrons. The first-order chi connectivity index (χ1) is 16.3. The maximum atomic E-state index is 12.9. The zero-order valence-electron chi connectivity index (χ0n) is 19.4. The van der Waals surface area contributed by atoms with Crippen LogP contribution in [0.2, 0.25) is 0 Å². The van der Waals surface area contributed by atoms with Crippen molar-refractivity contribution in [3.8, 4) is 5.13 Å². The predicted molar refractivity (Wildman–Crippen MR) is 128 cm³/mol. The molecule has 1 atom stereocenters. The fourth-order valence-electron chi connectivity index (χ4n) is 4.14. The van der Waals surface area contributed by atoms with E-state index in [0.717, 1.165) is 18.0 Å². The van der Waals surface area contributed by atoms with Gasteiger partial charge in [-0.2, -0.15) is 4.37 Å².